The summed E-state index contributed by atoms with van der Waals surface area (Å²) in [7, 11) is 0. The van der Waals surface area contributed by atoms with Gasteiger partial charge in [-0.1, -0.05) is 354 Å². The molecule has 0 aliphatic rings. The van der Waals surface area contributed by atoms with Crippen molar-refractivity contribution in [3.8, 4) is 0 Å². The summed E-state index contributed by atoms with van der Waals surface area (Å²) in [5.41, 5.74) is 0. The average molecular weight is 1030 g/mol. The predicted molar refractivity (Wildman–Crippen MR) is 320 cm³/mol. The summed E-state index contributed by atoms with van der Waals surface area (Å²) in [6, 6.07) is -0.547. The molecule has 1 amide bonds. The van der Waals surface area contributed by atoms with Crippen molar-refractivity contribution in [1.29, 1.82) is 0 Å². The van der Waals surface area contributed by atoms with E-state index in [1.807, 2.05) is 0 Å². The topological polar surface area (TPSA) is 95.9 Å². The Balaban J connectivity index is 3.39. The van der Waals surface area contributed by atoms with Gasteiger partial charge in [0.25, 0.3) is 0 Å². The molecule has 0 radical (unpaired) electrons. The van der Waals surface area contributed by atoms with Crippen molar-refractivity contribution in [3.05, 3.63) is 0 Å². The van der Waals surface area contributed by atoms with Gasteiger partial charge in [-0.3, -0.25) is 9.59 Å². The van der Waals surface area contributed by atoms with Crippen LogP contribution in [0.25, 0.3) is 0 Å². The second-order valence-electron chi connectivity index (χ2n) is 23.5. The highest BCUT2D eigenvalue weighted by Gasteiger charge is 2.20. The fraction of sp³-hybridized carbons (Fsp3) is 0.970. The minimum atomic E-state index is -0.669. The number of hydrogen-bond donors (Lipinski definition) is 3. The molecular weight excluding hydrogens is 899 g/mol. The number of aliphatic hydroxyl groups excluding tert-OH is 2. The van der Waals surface area contributed by atoms with Gasteiger partial charge in [-0.05, 0) is 25.7 Å². The average Bonchev–Trinajstić information content (AvgIpc) is 3.39. The Morgan fingerprint density at radius 2 is 0.562 bits per heavy atom. The van der Waals surface area contributed by atoms with Gasteiger partial charge in [0.2, 0.25) is 5.91 Å². The van der Waals surface area contributed by atoms with Gasteiger partial charge in [-0.15, -0.1) is 0 Å². The third kappa shape index (κ3) is 60.0. The zero-order chi connectivity index (χ0) is 52.9. The van der Waals surface area contributed by atoms with Gasteiger partial charge >= 0.3 is 5.97 Å². The van der Waals surface area contributed by atoms with E-state index < -0.39 is 12.1 Å². The number of nitrogens with one attached hydrogen (secondary N) is 1. The van der Waals surface area contributed by atoms with E-state index >= 15 is 0 Å². The Bertz CT molecular complexity index is 1050. The van der Waals surface area contributed by atoms with Crippen LogP contribution in [0.15, 0.2) is 0 Å². The first-order valence-corrected chi connectivity index (χ1v) is 33.8. The zero-order valence-electron chi connectivity index (χ0n) is 49.9. The highest BCUT2D eigenvalue weighted by molar-refractivity contribution is 5.76. The second kappa shape index (κ2) is 63.4. The van der Waals surface area contributed by atoms with Gasteiger partial charge in [0.1, 0.15) is 0 Å². The summed E-state index contributed by atoms with van der Waals surface area (Å²) in [5, 5.41) is 23.4. The SMILES string of the molecule is CCCCCCCCCCCCCCCCCCCCCCCCC(O)C(CO)NC(=O)CCCCCCCCCCCCCCCCCCOC(=O)CCCCCCCCCCCCCCCCCCCC. The maximum atomic E-state index is 12.5. The van der Waals surface area contributed by atoms with Crippen LogP contribution in [0.4, 0.5) is 0 Å². The van der Waals surface area contributed by atoms with Crippen molar-refractivity contribution >= 4 is 11.9 Å². The minimum Gasteiger partial charge on any atom is -0.466 e. The molecule has 2 atom stereocenters. The van der Waals surface area contributed by atoms with E-state index in [1.165, 1.54) is 321 Å². The number of unbranched alkanes of at least 4 members (excludes halogenated alkanes) is 53. The molecule has 6 heteroatoms. The highest BCUT2D eigenvalue weighted by Crippen LogP contribution is 2.19. The summed E-state index contributed by atoms with van der Waals surface area (Å²) in [6.07, 6.45) is 75.5. The van der Waals surface area contributed by atoms with E-state index in [1.54, 1.807) is 0 Å². The molecule has 0 aromatic rings. The molecule has 6 nitrogen and oxygen atoms in total. The van der Waals surface area contributed by atoms with Crippen molar-refractivity contribution in [3.63, 3.8) is 0 Å². The van der Waals surface area contributed by atoms with E-state index in [0.29, 0.717) is 25.9 Å². The number of esters is 1. The quantitative estimate of drug-likeness (QED) is 0.0417. The van der Waals surface area contributed by atoms with Crippen molar-refractivity contribution in [2.45, 2.75) is 405 Å². The number of ether oxygens (including phenoxy) is 1. The Labute approximate surface area is 457 Å². The van der Waals surface area contributed by atoms with E-state index in [4.69, 9.17) is 4.74 Å². The van der Waals surface area contributed by atoms with Crippen molar-refractivity contribution < 1.29 is 24.5 Å². The lowest BCUT2D eigenvalue weighted by molar-refractivity contribution is -0.143. The van der Waals surface area contributed by atoms with Crippen molar-refractivity contribution in [2.75, 3.05) is 13.2 Å². The van der Waals surface area contributed by atoms with Crippen LogP contribution in [0.2, 0.25) is 0 Å². The lowest BCUT2D eigenvalue weighted by atomic mass is 10.0. The molecule has 0 aliphatic heterocycles. The number of rotatable bonds is 64. The second-order valence-corrected chi connectivity index (χ2v) is 23.5. The highest BCUT2D eigenvalue weighted by atomic mass is 16.5. The molecule has 73 heavy (non-hydrogen) atoms. The van der Waals surface area contributed by atoms with Crippen molar-refractivity contribution in [1.82, 2.24) is 5.32 Å². The summed E-state index contributed by atoms with van der Waals surface area (Å²) in [5.74, 6) is -0.0269. The van der Waals surface area contributed by atoms with Crippen molar-refractivity contribution in [2.24, 2.45) is 0 Å². The minimum absolute atomic E-state index is 0.00934. The van der Waals surface area contributed by atoms with Gasteiger partial charge < -0.3 is 20.3 Å². The molecule has 0 aromatic carbocycles. The molecule has 0 bridgehead atoms. The fourth-order valence-corrected chi connectivity index (χ4v) is 11.0. The predicted octanol–water partition coefficient (Wildman–Crippen LogP) is 21.4. The summed E-state index contributed by atoms with van der Waals surface area (Å²) in [6.45, 7) is 4.99. The largest absolute Gasteiger partial charge is 0.466 e. The monoisotopic (exact) mass is 1030 g/mol. The van der Waals surface area contributed by atoms with Gasteiger partial charge in [-0.25, -0.2) is 0 Å². The number of carbonyl (C=O) groups excluding carboxylic acids is 2. The standard InChI is InChI=1S/C67H133NO5/c1-3-5-7-9-11-13-15-17-19-21-23-24-25-26-27-31-35-39-43-47-51-55-59-65(70)64(63-69)68-66(71)60-56-52-48-44-40-36-32-29-30-34-38-42-46-50-54-58-62-73-67(72)61-57-53-49-45-41-37-33-28-22-20-18-16-14-12-10-8-6-4-2/h64-65,69-70H,3-63H2,1-2H3,(H,68,71). The van der Waals surface area contributed by atoms with E-state index in [9.17, 15) is 19.8 Å². The molecule has 0 heterocycles. The molecule has 0 saturated carbocycles. The van der Waals surface area contributed by atoms with Gasteiger partial charge in [0.15, 0.2) is 0 Å². The maximum Gasteiger partial charge on any atom is 0.305 e. The molecule has 0 rings (SSSR count). The summed E-state index contributed by atoms with van der Waals surface area (Å²) >= 11 is 0. The molecule has 0 aromatic heterocycles. The fourth-order valence-electron chi connectivity index (χ4n) is 11.0. The Kier molecular flexibility index (Phi) is 62.4. The Hall–Kier alpha value is -1.14. The van der Waals surface area contributed by atoms with Crippen LogP contribution in [-0.2, 0) is 14.3 Å². The third-order valence-electron chi connectivity index (χ3n) is 16.2. The third-order valence-corrected chi connectivity index (χ3v) is 16.2. The zero-order valence-corrected chi connectivity index (χ0v) is 49.9. The van der Waals surface area contributed by atoms with Gasteiger partial charge in [0, 0.05) is 12.8 Å². The number of carbonyl (C=O) groups is 2. The van der Waals surface area contributed by atoms with E-state index in [-0.39, 0.29) is 18.5 Å². The van der Waals surface area contributed by atoms with Crippen LogP contribution in [0.5, 0.6) is 0 Å². The molecule has 0 saturated heterocycles. The summed E-state index contributed by atoms with van der Waals surface area (Å²) < 4.78 is 5.50. The summed E-state index contributed by atoms with van der Waals surface area (Å²) in [4.78, 5) is 24.6. The molecule has 2 unspecified atom stereocenters. The smallest absolute Gasteiger partial charge is 0.305 e. The van der Waals surface area contributed by atoms with Gasteiger partial charge in [-0.2, -0.15) is 0 Å². The number of aliphatic hydroxyl groups is 2. The lowest BCUT2D eigenvalue weighted by Gasteiger charge is -2.22. The first-order chi connectivity index (χ1) is 36.0. The molecule has 0 fully saturated rings. The Morgan fingerprint density at radius 1 is 0.329 bits per heavy atom. The molecule has 436 valence electrons. The molecule has 0 spiro atoms. The number of amides is 1. The van der Waals surface area contributed by atoms with Gasteiger partial charge in [0.05, 0.1) is 25.4 Å². The van der Waals surface area contributed by atoms with Crippen LogP contribution in [0.1, 0.15) is 393 Å². The van der Waals surface area contributed by atoms with E-state index in [0.717, 1.165) is 38.5 Å². The van der Waals surface area contributed by atoms with Crippen LogP contribution in [-0.4, -0.2) is 47.4 Å². The molecular formula is C67H133NO5. The number of hydrogen-bond acceptors (Lipinski definition) is 5. The Morgan fingerprint density at radius 3 is 0.836 bits per heavy atom. The molecule has 0 aliphatic carbocycles. The van der Waals surface area contributed by atoms with Crippen LogP contribution < -0.4 is 5.32 Å². The first kappa shape index (κ1) is 71.9. The van der Waals surface area contributed by atoms with Crippen LogP contribution in [0, 0.1) is 0 Å². The normalized spacial score (nSPS) is 12.4. The van der Waals surface area contributed by atoms with E-state index in [2.05, 4.69) is 19.2 Å². The molecule has 3 N–H and O–H groups in total. The first-order valence-electron chi connectivity index (χ1n) is 33.8. The van der Waals surface area contributed by atoms with Crippen LogP contribution in [0.3, 0.4) is 0 Å². The van der Waals surface area contributed by atoms with Crippen LogP contribution >= 0.6 is 0 Å². The maximum absolute atomic E-state index is 12.5. The lowest BCUT2D eigenvalue weighted by Crippen LogP contribution is -2.45.